The molecule has 1 aliphatic carbocycles. The summed E-state index contributed by atoms with van der Waals surface area (Å²) in [5.41, 5.74) is 2.65. The van der Waals surface area contributed by atoms with Gasteiger partial charge in [-0.15, -0.1) is 0 Å². The van der Waals surface area contributed by atoms with E-state index in [1.54, 1.807) is 18.2 Å². The van der Waals surface area contributed by atoms with Crippen LogP contribution in [0.3, 0.4) is 0 Å². The molecule has 1 unspecified atom stereocenters. The van der Waals surface area contributed by atoms with Gasteiger partial charge in [-0.05, 0) is 25.8 Å². The summed E-state index contributed by atoms with van der Waals surface area (Å²) in [7, 11) is 0. The molecule has 1 aliphatic rings. The molecule has 1 aromatic carbocycles. The first-order chi connectivity index (χ1) is 10.1. The number of fused-ring (bicyclic) bond motifs is 1. The Labute approximate surface area is 122 Å². The number of halogens is 1. The molecule has 2 aromatic rings. The number of aryl methyl sites for hydroxylation is 2. The van der Waals surface area contributed by atoms with Crippen LogP contribution in [0.15, 0.2) is 24.3 Å². The van der Waals surface area contributed by atoms with Crippen LogP contribution in [-0.4, -0.2) is 15.9 Å². The van der Waals surface area contributed by atoms with Crippen molar-refractivity contribution in [2.45, 2.75) is 32.7 Å². The highest BCUT2D eigenvalue weighted by Crippen LogP contribution is 2.24. The van der Waals surface area contributed by atoms with Crippen molar-refractivity contribution in [3.63, 3.8) is 0 Å². The van der Waals surface area contributed by atoms with Gasteiger partial charge in [-0.3, -0.25) is 4.79 Å². The van der Waals surface area contributed by atoms with Crippen LogP contribution >= 0.6 is 0 Å². The Morgan fingerprint density at radius 3 is 3.10 bits per heavy atom. The Morgan fingerprint density at radius 1 is 1.48 bits per heavy atom. The summed E-state index contributed by atoms with van der Waals surface area (Å²) in [6.45, 7) is 2.16. The Kier molecular flexibility index (Phi) is 3.73. The lowest BCUT2D eigenvalue weighted by Crippen LogP contribution is -2.34. The van der Waals surface area contributed by atoms with E-state index < -0.39 is 0 Å². The molecule has 2 N–H and O–H groups in total. The minimum atomic E-state index is -0.284. The maximum Gasteiger partial charge on any atom is 0.223 e. The topological polar surface area (TPSA) is 57.8 Å². The molecule has 0 bridgehead atoms. The highest BCUT2D eigenvalue weighted by Gasteiger charge is 2.26. The first kappa shape index (κ1) is 13.8. The number of carbonyl (C=O) groups is 1. The predicted molar refractivity (Wildman–Crippen MR) is 77.1 cm³/mol. The van der Waals surface area contributed by atoms with Gasteiger partial charge in [0.15, 0.2) is 0 Å². The second kappa shape index (κ2) is 5.68. The van der Waals surface area contributed by atoms with Crippen LogP contribution < -0.4 is 5.32 Å². The number of aromatic nitrogens is 2. The highest BCUT2D eigenvalue weighted by atomic mass is 19.1. The Bertz CT molecular complexity index is 665. The van der Waals surface area contributed by atoms with Gasteiger partial charge in [0.1, 0.15) is 11.6 Å². The number of aromatic amines is 1. The van der Waals surface area contributed by atoms with E-state index in [1.165, 1.54) is 6.07 Å². The lowest BCUT2D eigenvalue weighted by molar-refractivity contribution is -0.125. The maximum absolute atomic E-state index is 13.5. The summed E-state index contributed by atoms with van der Waals surface area (Å²) in [6, 6.07) is 6.50. The Hall–Kier alpha value is -2.17. The number of nitrogens with one attached hydrogen (secondary N) is 2. The summed E-state index contributed by atoms with van der Waals surface area (Å²) >= 11 is 0. The number of carbonyl (C=O) groups excluding carboxylic acids is 1. The normalized spacial score (nSPS) is 17.3. The van der Waals surface area contributed by atoms with Crippen molar-refractivity contribution in [3.05, 3.63) is 52.9 Å². The van der Waals surface area contributed by atoms with Crippen molar-refractivity contribution in [1.29, 1.82) is 0 Å². The smallest absolute Gasteiger partial charge is 0.223 e. The standard InChI is InChI=1S/C16H18FN3O/c1-10-19-14-7-6-11(8-15(14)20-10)16(21)18-9-12-4-2-3-5-13(12)17/h2-5,11H,6-9H2,1H3,(H,18,21)(H,19,20). The van der Waals surface area contributed by atoms with Crippen molar-refractivity contribution >= 4 is 5.91 Å². The van der Waals surface area contributed by atoms with E-state index in [4.69, 9.17) is 0 Å². The van der Waals surface area contributed by atoms with Crippen LogP contribution in [0, 0.1) is 18.7 Å². The first-order valence-electron chi connectivity index (χ1n) is 7.19. The molecule has 1 aromatic heterocycles. The lowest BCUT2D eigenvalue weighted by Gasteiger charge is -2.20. The molecule has 0 spiro atoms. The number of imidazole rings is 1. The van der Waals surface area contributed by atoms with E-state index in [0.29, 0.717) is 12.0 Å². The van der Waals surface area contributed by atoms with Gasteiger partial charge in [0.25, 0.3) is 0 Å². The van der Waals surface area contributed by atoms with Crippen LogP contribution in [0.4, 0.5) is 4.39 Å². The van der Waals surface area contributed by atoms with Gasteiger partial charge < -0.3 is 10.3 Å². The minimum absolute atomic E-state index is 0.0174. The van der Waals surface area contributed by atoms with Crippen LogP contribution in [0.25, 0.3) is 0 Å². The minimum Gasteiger partial charge on any atom is -0.352 e. The van der Waals surface area contributed by atoms with Crippen molar-refractivity contribution in [1.82, 2.24) is 15.3 Å². The molecule has 4 nitrogen and oxygen atoms in total. The number of H-pyrrole nitrogens is 1. The molecule has 0 saturated carbocycles. The molecule has 0 radical (unpaired) electrons. The fourth-order valence-electron chi connectivity index (χ4n) is 2.82. The molecule has 1 heterocycles. The highest BCUT2D eigenvalue weighted by molar-refractivity contribution is 5.79. The molecule has 1 amide bonds. The number of hydrogen-bond acceptors (Lipinski definition) is 2. The second-order valence-corrected chi connectivity index (χ2v) is 5.50. The van der Waals surface area contributed by atoms with E-state index >= 15 is 0 Å². The number of amides is 1. The number of nitrogens with zero attached hydrogens (tertiary/aromatic N) is 1. The number of hydrogen-bond donors (Lipinski definition) is 2. The quantitative estimate of drug-likeness (QED) is 0.910. The van der Waals surface area contributed by atoms with Crippen LogP contribution in [-0.2, 0) is 24.2 Å². The van der Waals surface area contributed by atoms with Crippen LogP contribution in [0.5, 0.6) is 0 Å². The van der Waals surface area contributed by atoms with Crippen molar-refractivity contribution in [2.75, 3.05) is 0 Å². The zero-order valence-electron chi connectivity index (χ0n) is 11.9. The molecular formula is C16H18FN3O. The van der Waals surface area contributed by atoms with Gasteiger partial charge in [-0.1, -0.05) is 18.2 Å². The third-order valence-corrected chi connectivity index (χ3v) is 3.94. The summed E-state index contributed by atoms with van der Waals surface area (Å²) in [5, 5.41) is 2.83. The van der Waals surface area contributed by atoms with Gasteiger partial charge in [0.05, 0.1) is 5.69 Å². The lowest BCUT2D eigenvalue weighted by atomic mass is 9.89. The van der Waals surface area contributed by atoms with Gasteiger partial charge in [-0.25, -0.2) is 9.37 Å². The van der Waals surface area contributed by atoms with E-state index in [1.807, 2.05) is 6.92 Å². The summed E-state index contributed by atoms with van der Waals surface area (Å²) in [4.78, 5) is 19.9. The van der Waals surface area contributed by atoms with Gasteiger partial charge >= 0.3 is 0 Å². The van der Waals surface area contributed by atoms with Gasteiger partial charge in [-0.2, -0.15) is 0 Å². The average molecular weight is 287 g/mol. The number of benzene rings is 1. The van der Waals surface area contributed by atoms with E-state index in [0.717, 1.165) is 30.1 Å². The molecule has 0 saturated heterocycles. The first-order valence-corrected chi connectivity index (χ1v) is 7.19. The molecule has 0 fully saturated rings. The molecule has 0 aliphatic heterocycles. The van der Waals surface area contributed by atoms with Crippen molar-refractivity contribution < 1.29 is 9.18 Å². The van der Waals surface area contributed by atoms with Crippen LogP contribution in [0.2, 0.25) is 0 Å². The summed E-state index contributed by atoms with van der Waals surface area (Å²) < 4.78 is 13.5. The third-order valence-electron chi connectivity index (χ3n) is 3.94. The molecule has 5 heteroatoms. The van der Waals surface area contributed by atoms with Gasteiger partial charge in [0.2, 0.25) is 5.91 Å². The zero-order valence-corrected chi connectivity index (χ0v) is 11.9. The van der Waals surface area contributed by atoms with Crippen LogP contribution in [0.1, 0.15) is 29.2 Å². The van der Waals surface area contributed by atoms with Crippen molar-refractivity contribution in [2.24, 2.45) is 5.92 Å². The molecule has 21 heavy (non-hydrogen) atoms. The van der Waals surface area contributed by atoms with Crippen molar-refractivity contribution in [3.8, 4) is 0 Å². The Balaban J connectivity index is 1.61. The largest absolute Gasteiger partial charge is 0.352 e. The second-order valence-electron chi connectivity index (χ2n) is 5.50. The molecular weight excluding hydrogens is 269 g/mol. The summed E-state index contributed by atoms with van der Waals surface area (Å²) in [5.74, 6) is 0.528. The predicted octanol–water partition coefficient (Wildman–Crippen LogP) is 2.28. The molecule has 110 valence electrons. The van der Waals surface area contributed by atoms with Gasteiger partial charge in [0, 0.05) is 30.1 Å². The molecule has 1 atom stereocenters. The summed E-state index contributed by atoms with van der Waals surface area (Å²) in [6.07, 6.45) is 2.29. The maximum atomic E-state index is 13.5. The zero-order chi connectivity index (χ0) is 14.8. The Morgan fingerprint density at radius 2 is 2.29 bits per heavy atom. The molecule has 3 rings (SSSR count). The monoisotopic (exact) mass is 287 g/mol. The fraction of sp³-hybridized carbons (Fsp3) is 0.375. The average Bonchev–Trinajstić information content (AvgIpc) is 2.85. The van der Waals surface area contributed by atoms with E-state index in [-0.39, 0.29) is 24.2 Å². The van der Waals surface area contributed by atoms with E-state index in [9.17, 15) is 9.18 Å². The van der Waals surface area contributed by atoms with E-state index in [2.05, 4.69) is 15.3 Å². The third kappa shape index (κ3) is 2.96. The number of rotatable bonds is 3. The SMILES string of the molecule is Cc1nc2c([nH]1)CC(C(=O)NCc1ccccc1F)CC2. The fourth-order valence-corrected chi connectivity index (χ4v) is 2.82.